The summed E-state index contributed by atoms with van der Waals surface area (Å²) < 4.78 is 0. The molecule has 25 heavy (non-hydrogen) atoms. The largest absolute Gasteiger partial charge is 0.481 e. The number of carboxylic acids is 1. The maximum Gasteiger partial charge on any atom is 0.305 e. The van der Waals surface area contributed by atoms with Gasteiger partial charge in [-0.2, -0.15) is 0 Å². The van der Waals surface area contributed by atoms with Crippen molar-refractivity contribution >= 4 is 17.8 Å². The molecule has 0 spiro atoms. The van der Waals surface area contributed by atoms with Gasteiger partial charge in [0.1, 0.15) is 6.04 Å². The number of carbonyl (C=O) groups is 3. The molecule has 138 valence electrons. The normalized spacial score (nSPS) is 11.9. The van der Waals surface area contributed by atoms with Crippen molar-refractivity contribution in [2.24, 2.45) is 5.92 Å². The number of benzene rings is 1. The number of nitrogens with one attached hydrogen (secondary N) is 1. The van der Waals surface area contributed by atoms with Crippen molar-refractivity contribution in [3.8, 4) is 0 Å². The first-order valence-corrected chi connectivity index (χ1v) is 8.63. The second-order valence-corrected chi connectivity index (χ2v) is 6.53. The van der Waals surface area contributed by atoms with Gasteiger partial charge in [-0.15, -0.1) is 0 Å². The van der Waals surface area contributed by atoms with Crippen LogP contribution < -0.4 is 5.32 Å². The molecule has 0 fully saturated rings. The first-order valence-electron chi connectivity index (χ1n) is 8.63. The average Bonchev–Trinajstić information content (AvgIpc) is 2.54. The van der Waals surface area contributed by atoms with Gasteiger partial charge >= 0.3 is 5.97 Å². The molecule has 2 amide bonds. The lowest BCUT2D eigenvalue weighted by molar-refractivity contribution is -0.139. The van der Waals surface area contributed by atoms with Gasteiger partial charge < -0.3 is 15.3 Å². The predicted molar refractivity (Wildman–Crippen MR) is 96.4 cm³/mol. The molecule has 1 aromatic rings. The van der Waals surface area contributed by atoms with E-state index in [0.717, 1.165) is 5.56 Å². The minimum absolute atomic E-state index is 0.111. The molecule has 0 aliphatic heterocycles. The van der Waals surface area contributed by atoms with Crippen molar-refractivity contribution in [2.45, 2.75) is 46.6 Å². The zero-order chi connectivity index (χ0) is 19.0. The molecule has 0 aliphatic carbocycles. The van der Waals surface area contributed by atoms with Crippen LogP contribution in [0.4, 0.5) is 0 Å². The number of hydrogen-bond acceptors (Lipinski definition) is 3. The Bertz CT molecular complexity index is 613. The average molecular weight is 348 g/mol. The molecule has 1 unspecified atom stereocenters. The van der Waals surface area contributed by atoms with Gasteiger partial charge in [-0.05, 0) is 37.8 Å². The Labute approximate surface area is 149 Å². The minimum Gasteiger partial charge on any atom is -0.481 e. The summed E-state index contributed by atoms with van der Waals surface area (Å²) in [6, 6.07) is 6.55. The molecule has 0 saturated heterocycles. The van der Waals surface area contributed by atoms with Crippen LogP contribution in [0.15, 0.2) is 24.3 Å². The highest BCUT2D eigenvalue weighted by molar-refractivity contribution is 5.98. The maximum atomic E-state index is 12.8. The van der Waals surface area contributed by atoms with Gasteiger partial charge in [-0.1, -0.05) is 32.0 Å². The van der Waals surface area contributed by atoms with Crippen LogP contribution in [-0.2, 0) is 9.59 Å². The number of carbonyl (C=O) groups excluding carboxylic acids is 2. The fourth-order valence-corrected chi connectivity index (χ4v) is 2.63. The molecule has 1 aromatic carbocycles. The predicted octanol–water partition coefficient (Wildman–Crippen LogP) is 2.46. The van der Waals surface area contributed by atoms with Crippen molar-refractivity contribution in [1.82, 2.24) is 10.2 Å². The summed E-state index contributed by atoms with van der Waals surface area (Å²) in [5.41, 5.74) is 1.38. The third-order valence-corrected chi connectivity index (χ3v) is 3.99. The highest BCUT2D eigenvalue weighted by Gasteiger charge is 2.27. The Hall–Kier alpha value is -2.37. The van der Waals surface area contributed by atoms with Crippen LogP contribution in [0, 0.1) is 12.8 Å². The Kier molecular flexibility index (Phi) is 8.11. The van der Waals surface area contributed by atoms with E-state index >= 15 is 0 Å². The van der Waals surface area contributed by atoms with Gasteiger partial charge in [0.15, 0.2) is 0 Å². The molecule has 0 bridgehead atoms. The summed E-state index contributed by atoms with van der Waals surface area (Å²) in [7, 11) is 0. The first kappa shape index (κ1) is 20.7. The van der Waals surface area contributed by atoms with Crippen LogP contribution in [0.1, 0.15) is 49.5 Å². The van der Waals surface area contributed by atoms with Gasteiger partial charge in [0.05, 0.1) is 6.42 Å². The Balaban J connectivity index is 2.91. The summed E-state index contributed by atoms with van der Waals surface area (Å²) in [5, 5.41) is 11.7. The lowest BCUT2D eigenvalue weighted by atomic mass is 10.0. The van der Waals surface area contributed by atoms with E-state index in [1.54, 1.807) is 19.1 Å². The first-order chi connectivity index (χ1) is 11.8. The maximum absolute atomic E-state index is 12.8. The number of nitrogens with zero attached hydrogens (tertiary/aromatic N) is 1. The van der Waals surface area contributed by atoms with Crippen LogP contribution in [0.25, 0.3) is 0 Å². The smallest absolute Gasteiger partial charge is 0.305 e. The molecule has 6 nitrogen and oxygen atoms in total. The van der Waals surface area contributed by atoms with E-state index in [2.05, 4.69) is 5.32 Å². The molecule has 0 radical (unpaired) electrons. The molecule has 0 saturated carbocycles. The fraction of sp³-hybridized carbons (Fsp3) is 0.526. The molecule has 1 atom stereocenters. The van der Waals surface area contributed by atoms with Gasteiger partial charge in [-0.3, -0.25) is 14.4 Å². The number of likely N-dealkylation sites (N-methyl/N-ethyl adjacent to an activating group) is 1. The third kappa shape index (κ3) is 6.57. The number of hydrogen-bond donors (Lipinski definition) is 2. The van der Waals surface area contributed by atoms with Gasteiger partial charge in [-0.25, -0.2) is 0 Å². The Morgan fingerprint density at radius 3 is 2.36 bits per heavy atom. The zero-order valence-corrected chi connectivity index (χ0v) is 15.4. The van der Waals surface area contributed by atoms with Crippen molar-refractivity contribution in [1.29, 1.82) is 0 Å². The van der Waals surface area contributed by atoms with E-state index in [1.165, 1.54) is 4.90 Å². The zero-order valence-electron chi connectivity index (χ0n) is 15.4. The molecular formula is C19H28N2O4. The number of aliphatic carboxylic acids is 1. The summed E-state index contributed by atoms with van der Waals surface area (Å²) in [4.78, 5) is 37.6. The molecular weight excluding hydrogens is 320 g/mol. The van der Waals surface area contributed by atoms with Crippen LogP contribution >= 0.6 is 0 Å². The summed E-state index contributed by atoms with van der Waals surface area (Å²) in [5.74, 6) is -1.26. The quantitative estimate of drug-likeness (QED) is 0.718. The summed E-state index contributed by atoms with van der Waals surface area (Å²) in [6.07, 6.45) is 0.389. The topological polar surface area (TPSA) is 86.7 Å². The Morgan fingerprint density at radius 1 is 1.20 bits per heavy atom. The van der Waals surface area contributed by atoms with Gasteiger partial charge in [0, 0.05) is 18.7 Å². The number of carboxylic acid groups (broad SMARTS) is 1. The molecule has 0 aromatic heterocycles. The van der Waals surface area contributed by atoms with Crippen LogP contribution in [0.5, 0.6) is 0 Å². The fourth-order valence-electron chi connectivity index (χ4n) is 2.63. The molecule has 0 aliphatic rings. The van der Waals surface area contributed by atoms with E-state index in [4.69, 9.17) is 5.11 Å². The summed E-state index contributed by atoms with van der Waals surface area (Å²) in [6.45, 7) is 8.15. The third-order valence-electron chi connectivity index (χ3n) is 3.99. The lowest BCUT2D eigenvalue weighted by Gasteiger charge is -2.27. The number of aryl methyl sites for hydroxylation is 1. The molecule has 6 heteroatoms. The Morgan fingerprint density at radius 2 is 1.84 bits per heavy atom. The lowest BCUT2D eigenvalue weighted by Crippen LogP contribution is -2.49. The highest BCUT2D eigenvalue weighted by Crippen LogP contribution is 2.12. The minimum atomic E-state index is -0.949. The molecule has 2 N–H and O–H groups in total. The standard InChI is InChI=1S/C19H28N2O4/c1-5-21(11-10-17(22)23)19(25)16(12-13(2)3)20-18(24)15-9-7-6-8-14(15)4/h6-9,13,16H,5,10-12H2,1-4H3,(H,20,24)(H,22,23). The highest BCUT2D eigenvalue weighted by atomic mass is 16.4. The SMILES string of the molecule is CCN(CCC(=O)O)C(=O)C(CC(C)C)NC(=O)c1ccccc1C. The van der Waals surface area contributed by atoms with E-state index < -0.39 is 12.0 Å². The van der Waals surface area contributed by atoms with E-state index in [-0.39, 0.29) is 30.7 Å². The van der Waals surface area contributed by atoms with Crippen LogP contribution in [0.2, 0.25) is 0 Å². The van der Waals surface area contributed by atoms with E-state index in [0.29, 0.717) is 18.5 Å². The summed E-state index contributed by atoms with van der Waals surface area (Å²) >= 11 is 0. The van der Waals surface area contributed by atoms with Crippen molar-refractivity contribution in [2.75, 3.05) is 13.1 Å². The molecule has 1 rings (SSSR count). The van der Waals surface area contributed by atoms with Crippen LogP contribution in [-0.4, -0.2) is 46.9 Å². The second-order valence-electron chi connectivity index (χ2n) is 6.53. The molecule has 0 heterocycles. The van der Waals surface area contributed by atoms with Crippen molar-refractivity contribution < 1.29 is 19.5 Å². The second kappa shape index (κ2) is 9.81. The van der Waals surface area contributed by atoms with Crippen molar-refractivity contribution in [3.63, 3.8) is 0 Å². The van der Waals surface area contributed by atoms with Gasteiger partial charge in [0.25, 0.3) is 5.91 Å². The van der Waals surface area contributed by atoms with Gasteiger partial charge in [0.2, 0.25) is 5.91 Å². The number of amides is 2. The van der Waals surface area contributed by atoms with E-state index in [1.807, 2.05) is 32.9 Å². The van der Waals surface area contributed by atoms with Crippen molar-refractivity contribution in [3.05, 3.63) is 35.4 Å². The van der Waals surface area contributed by atoms with E-state index in [9.17, 15) is 14.4 Å². The monoisotopic (exact) mass is 348 g/mol. The number of rotatable bonds is 9. The van der Waals surface area contributed by atoms with Crippen LogP contribution in [0.3, 0.4) is 0 Å².